The minimum atomic E-state index is -4.94. The van der Waals surface area contributed by atoms with Crippen LogP contribution in [0.3, 0.4) is 0 Å². The molecule has 101 heavy (non-hydrogen) atoms. The number of hydrogen-bond acceptors (Lipinski definition) is 14. The maximum Gasteiger partial charge on any atom is 0.472 e. The number of hydrogen-bond donors (Lipinski definition) is 4. The number of allylic oxidation sites excluding steroid dienone is 26. The van der Waals surface area contributed by atoms with Crippen LogP contribution in [0.4, 0.5) is 0 Å². The fraction of sp³-hybridized carbons (Fsp3) is 0.651. The molecule has 0 aromatic heterocycles. The van der Waals surface area contributed by atoms with E-state index in [-0.39, 0.29) is 19.3 Å². The van der Waals surface area contributed by atoms with Crippen LogP contribution in [0.15, 0.2) is 158 Å². The molecular formula is C83H138O16P2. The smallest absolute Gasteiger partial charge is 0.463 e. The first kappa shape index (κ1) is 96.2. The van der Waals surface area contributed by atoms with Crippen molar-refractivity contribution < 1.29 is 75.8 Å². The van der Waals surface area contributed by atoms with Gasteiger partial charge in [-0.25, -0.2) is 9.13 Å². The lowest BCUT2D eigenvalue weighted by Gasteiger charge is -2.21. The van der Waals surface area contributed by atoms with Gasteiger partial charge in [-0.2, -0.15) is 0 Å². The fourth-order valence-corrected chi connectivity index (χ4v) is 11.5. The molecule has 0 aliphatic heterocycles. The number of phosphoric ester groups is 2. The number of carbonyl (C=O) groups is 3. The summed E-state index contributed by atoms with van der Waals surface area (Å²) in [6.07, 6.45) is 92.8. The van der Waals surface area contributed by atoms with Crippen LogP contribution in [0, 0.1) is 0 Å². The maximum absolute atomic E-state index is 13.0. The molecule has 0 rings (SSSR count). The van der Waals surface area contributed by atoms with Crippen molar-refractivity contribution in [3.63, 3.8) is 0 Å². The van der Waals surface area contributed by atoms with Crippen LogP contribution in [-0.2, 0) is 55.8 Å². The quantitative estimate of drug-likeness (QED) is 0.0146. The van der Waals surface area contributed by atoms with Crippen molar-refractivity contribution in [2.75, 3.05) is 39.6 Å². The second-order valence-electron chi connectivity index (χ2n) is 25.4. The topological polar surface area (TPSA) is 231 Å². The van der Waals surface area contributed by atoms with Crippen LogP contribution in [0.5, 0.6) is 0 Å². The Morgan fingerprint density at radius 1 is 0.277 bits per heavy atom. The summed E-state index contributed by atoms with van der Waals surface area (Å²) in [6.45, 7) is 2.30. The molecule has 0 saturated heterocycles. The number of aliphatic hydroxyl groups excluding tert-OH is 2. The Balaban J connectivity index is 4.62. The molecule has 18 heteroatoms. The van der Waals surface area contributed by atoms with Gasteiger partial charge in [0.05, 0.1) is 26.4 Å². The molecule has 0 saturated carbocycles. The average Bonchev–Trinajstić information content (AvgIpc) is 1.19. The Morgan fingerprint density at radius 3 is 0.782 bits per heavy atom. The monoisotopic (exact) mass is 1450 g/mol. The highest BCUT2D eigenvalue weighted by Gasteiger charge is 2.29. The third-order valence-corrected chi connectivity index (χ3v) is 17.6. The number of rotatable bonds is 72. The number of carbonyl (C=O) groups excluding carboxylic acids is 3. The van der Waals surface area contributed by atoms with E-state index in [0.717, 1.165) is 180 Å². The normalized spacial score (nSPS) is 14.9. The van der Waals surface area contributed by atoms with Crippen LogP contribution in [0.25, 0.3) is 0 Å². The van der Waals surface area contributed by atoms with E-state index in [4.69, 9.17) is 32.3 Å². The number of ether oxygens (including phenoxy) is 3. The lowest BCUT2D eigenvalue weighted by molar-refractivity contribution is -0.161. The van der Waals surface area contributed by atoms with Gasteiger partial charge in [-0.15, -0.1) is 0 Å². The van der Waals surface area contributed by atoms with Gasteiger partial charge in [0.15, 0.2) is 6.10 Å². The summed E-state index contributed by atoms with van der Waals surface area (Å²) in [5, 5.41) is 20.6. The molecule has 0 aliphatic carbocycles. The van der Waals surface area contributed by atoms with Gasteiger partial charge in [0.2, 0.25) is 0 Å². The van der Waals surface area contributed by atoms with Crippen LogP contribution >= 0.6 is 15.6 Å². The van der Waals surface area contributed by atoms with Crippen molar-refractivity contribution in [1.29, 1.82) is 0 Å². The molecule has 5 atom stereocenters. The predicted octanol–water partition coefficient (Wildman–Crippen LogP) is 22.6. The van der Waals surface area contributed by atoms with E-state index in [1.807, 2.05) is 0 Å². The minimum absolute atomic E-state index is 0.0790. The molecule has 0 bridgehead atoms. The summed E-state index contributed by atoms with van der Waals surface area (Å²) in [5.41, 5.74) is 0. The summed E-state index contributed by atoms with van der Waals surface area (Å²) in [7, 11) is -9.81. The second-order valence-corrected chi connectivity index (χ2v) is 28.3. The Bertz CT molecular complexity index is 2470. The van der Waals surface area contributed by atoms with E-state index >= 15 is 0 Å². The molecule has 0 radical (unpaired) electrons. The Labute approximate surface area is 612 Å². The molecule has 0 aromatic rings. The average molecular weight is 1450 g/mol. The molecule has 0 heterocycles. The number of unbranched alkanes of at least 4 members (excludes halogenated alkanes) is 23. The molecule has 0 aromatic carbocycles. The largest absolute Gasteiger partial charge is 0.472 e. The molecule has 16 nitrogen and oxygen atoms in total. The number of aliphatic hydroxyl groups is 2. The Hall–Kier alpha value is -4.83. The van der Waals surface area contributed by atoms with Crippen molar-refractivity contribution in [3.05, 3.63) is 158 Å². The van der Waals surface area contributed by atoms with E-state index in [1.165, 1.54) is 51.4 Å². The zero-order valence-electron chi connectivity index (χ0n) is 62.8. The first-order chi connectivity index (χ1) is 49.2. The van der Waals surface area contributed by atoms with Crippen LogP contribution in [0.1, 0.15) is 290 Å². The molecule has 576 valence electrons. The van der Waals surface area contributed by atoms with Gasteiger partial charge in [-0.3, -0.25) is 32.5 Å². The Morgan fingerprint density at radius 2 is 0.495 bits per heavy atom. The number of esters is 3. The van der Waals surface area contributed by atoms with Crippen LogP contribution in [0.2, 0.25) is 0 Å². The summed E-state index contributed by atoms with van der Waals surface area (Å²) in [6, 6.07) is 0. The van der Waals surface area contributed by atoms with Crippen LogP contribution in [-0.4, -0.2) is 95.9 Å². The highest BCUT2D eigenvalue weighted by molar-refractivity contribution is 7.47. The molecule has 4 N–H and O–H groups in total. The van der Waals surface area contributed by atoms with Crippen molar-refractivity contribution in [1.82, 2.24) is 0 Å². The highest BCUT2D eigenvalue weighted by Crippen LogP contribution is 2.45. The lowest BCUT2D eigenvalue weighted by Crippen LogP contribution is -2.30. The van der Waals surface area contributed by atoms with Crippen LogP contribution < -0.4 is 0 Å². The minimum Gasteiger partial charge on any atom is -0.463 e. The zero-order chi connectivity index (χ0) is 73.7. The van der Waals surface area contributed by atoms with Crippen molar-refractivity contribution in [2.24, 2.45) is 0 Å². The van der Waals surface area contributed by atoms with Gasteiger partial charge < -0.3 is 34.2 Å². The zero-order valence-corrected chi connectivity index (χ0v) is 64.6. The maximum atomic E-state index is 13.0. The number of phosphoric acid groups is 2. The third kappa shape index (κ3) is 76.1. The molecule has 0 spiro atoms. The molecule has 0 fully saturated rings. The Kier molecular flexibility index (Phi) is 71.3. The summed E-state index contributed by atoms with van der Waals surface area (Å²) in [5.74, 6) is -1.61. The van der Waals surface area contributed by atoms with Gasteiger partial charge >= 0.3 is 33.6 Å². The van der Waals surface area contributed by atoms with Gasteiger partial charge in [0.25, 0.3) is 0 Å². The highest BCUT2D eigenvalue weighted by atomic mass is 31.2. The summed E-state index contributed by atoms with van der Waals surface area (Å²) < 4.78 is 61.1. The van der Waals surface area contributed by atoms with Gasteiger partial charge in [-0.1, -0.05) is 288 Å². The lowest BCUT2D eigenvalue weighted by atomic mass is 10.1. The van der Waals surface area contributed by atoms with Gasteiger partial charge in [0.1, 0.15) is 25.4 Å². The molecule has 0 aliphatic rings. The summed E-state index contributed by atoms with van der Waals surface area (Å²) >= 11 is 0. The standard InChI is InChI=1S/C83H138O16P2/c1-4-7-10-13-16-19-22-25-28-30-32-34-36-38-40-42-44-46-49-51-54-57-60-63-66-69-81(86)93-72-78(84)73-95-100(89,90)96-74-79(85)75-97-101(91,92)98-77-80(99-83(88)71-68-65-62-59-56-53-48-27-24-21-18-15-12-9-6-3)76-94-82(87)70-67-64-61-58-55-52-50-47-45-43-41-39-37-35-33-31-29-26-23-20-17-14-11-8-5-2/h7-12,16-21,25-29,32-35,38-41,48,78-80,84-85H,4-6,13-15,22-24,30-31,36-37,42-47,49-77H2,1-3H3,(H,89,90)(H,91,92)/b10-7-,11-8-,12-9-,19-16-,20-17-,21-18-,28-25-,29-26-,34-32-,35-33-,40-38-,41-39-,48-27-. The van der Waals surface area contributed by atoms with E-state index < -0.39 is 91.5 Å². The van der Waals surface area contributed by atoms with E-state index in [9.17, 15) is 43.5 Å². The SMILES string of the molecule is CC/C=C\C/C=C\C/C=C\C/C=C\C/C=C\CCCCCCCCCCCC(=O)OCC(O)COP(=O)(O)OCC(O)COP(=O)(O)OCC(COC(=O)CCCCCCCCCCC/C=C\C/C=C\C/C=C\C/C=C\C/C=C\CC)OC(=O)CCCCCCC/C=C\C/C=C\C/C=C\CC. The predicted molar refractivity (Wildman–Crippen MR) is 417 cm³/mol. The van der Waals surface area contributed by atoms with E-state index in [1.54, 1.807) is 0 Å². The molecule has 5 unspecified atom stereocenters. The van der Waals surface area contributed by atoms with Gasteiger partial charge in [0, 0.05) is 19.3 Å². The molecular weight excluding hydrogens is 1310 g/mol. The second kappa shape index (κ2) is 74.9. The molecule has 0 amide bonds. The van der Waals surface area contributed by atoms with E-state index in [2.05, 4.69) is 179 Å². The van der Waals surface area contributed by atoms with Gasteiger partial charge in [-0.05, 0) is 141 Å². The first-order valence-electron chi connectivity index (χ1n) is 38.8. The van der Waals surface area contributed by atoms with E-state index in [0.29, 0.717) is 19.3 Å². The first-order valence-corrected chi connectivity index (χ1v) is 41.8. The van der Waals surface area contributed by atoms with Crippen molar-refractivity contribution in [3.8, 4) is 0 Å². The van der Waals surface area contributed by atoms with Crippen molar-refractivity contribution >= 4 is 33.6 Å². The fourth-order valence-electron chi connectivity index (χ4n) is 9.93. The third-order valence-electron chi connectivity index (χ3n) is 15.7. The van der Waals surface area contributed by atoms with Crippen molar-refractivity contribution in [2.45, 2.75) is 309 Å². The summed E-state index contributed by atoms with van der Waals surface area (Å²) in [4.78, 5) is 58.6.